The average Bonchev–Trinajstić information content (AvgIpc) is 2.77. The number of benzene rings is 1. The number of hydrogen-bond donors (Lipinski definition) is 1. The first kappa shape index (κ1) is 21.2. The Kier molecular flexibility index (Phi) is 5.90. The second-order valence-electron chi connectivity index (χ2n) is 5.27. The zero-order chi connectivity index (χ0) is 20.6. The van der Waals surface area contributed by atoms with E-state index in [0.29, 0.717) is 36.0 Å². The smallest absolute Gasteiger partial charge is 0.416 e. The van der Waals surface area contributed by atoms with Crippen molar-refractivity contribution in [3.63, 3.8) is 0 Å². The number of carbonyl (C=O) groups is 2. The molecular formula is C15H9F6NO3S2. The van der Waals surface area contributed by atoms with Crippen molar-refractivity contribution in [1.82, 2.24) is 4.90 Å². The topological polar surface area (TPSA) is 57.6 Å². The molecule has 0 radical (unpaired) electrons. The number of thioether (sulfide) groups is 1. The molecule has 2 rings (SSSR count). The van der Waals surface area contributed by atoms with Gasteiger partial charge in [0.15, 0.2) is 0 Å². The Hall–Kier alpha value is -2.08. The Morgan fingerprint density at radius 3 is 2.33 bits per heavy atom. The van der Waals surface area contributed by atoms with Crippen molar-refractivity contribution in [1.29, 1.82) is 0 Å². The molecule has 0 spiro atoms. The van der Waals surface area contributed by atoms with Gasteiger partial charge in [-0.15, -0.1) is 0 Å². The van der Waals surface area contributed by atoms with Crippen LogP contribution >= 0.6 is 24.0 Å². The number of amides is 1. The molecule has 0 aromatic heterocycles. The SMILES string of the molecule is O=C(O)CCN1C(=O)/C(=C/c2cc(C(F)(F)F)ccc2C(F)(F)F)SC1=S. The summed E-state index contributed by atoms with van der Waals surface area (Å²) in [5.74, 6) is -2.08. The first-order valence-corrected chi connectivity index (χ1v) is 8.29. The highest BCUT2D eigenvalue weighted by Crippen LogP contribution is 2.39. The van der Waals surface area contributed by atoms with E-state index < -0.39 is 47.3 Å². The molecule has 1 saturated heterocycles. The minimum absolute atomic E-state index is 0.0898. The highest BCUT2D eigenvalue weighted by molar-refractivity contribution is 8.26. The van der Waals surface area contributed by atoms with Gasteiger partial charge in [-0.2, -0.15) is 26.3 Å². The first-order valence-electron chi connectivity index (χ1n) is 7.06. The summed E-state index contributed by atoms with van der Waals surface area (Å²) in [5, 5.41) is 8.65. The minimum Gasteiger partial charge on any atom is -0.481 e. The van der Waals surface area contributed by atoms with Crippen LogP contribution in [0.1, 0.15) is 23.1 Å². The number of nitrogens with zero attached hydrogens (tertiary/aromatic N) is 1. The van der Waals surface area contributed by atoms with Gasteiger partial charge in [0, 0.05) is 6.54 Å². The number of halogens is 6. The van der Waals surface area contributed by atoms with Gasteiger partial charge in [0.25, 0.3) is 5.91 Å². The second-order valence-corrected chi connectivity index (χ2v) is 6.95. The molecule has 1 N–H and O–H groups in total. The lowest BCUT2D eigenvalue weighted by Crippen LogP contribution is -2.30. The maximum atomic E-state index is 13.1. The maximum Gasteiger partial charge on any atom is 0.416 e. The van der Waals surface area contributed by atoms with E-state index in [1.165, 1.54) is 0 Å². The Balaban J connectivity index is 2.46. The monoisotopic (exact) mass is 429 g/mol. The summed E-state index contributed by atoms with van der Waals surface area (Å²) in [7, 11) is 0. The van der Waals surface area contributed by atoms with Crippen molar-refractivity contribution in [2.24, 2.45) is 0 Å². The summed E-state index contributed by atoms with van der Waals surface area (Å²) in [5.41, 5.74) is -3.48. The van der Waals surface area contributed by atoms with Crippen LogP contribution in [0.25, 0.3) is 6.08 Å². The number of carboxylic acids is 1. The van der Waals surface area contributed by atoms with Gasteiger partial charge in [0.05, 0.1) is 22.5 Å². The Morgan fingerprint density at radius 1 is 1.19 bits per heavy atom. The summed E-state index contributed by atoms with van der Waals surface area (Å²) in [6, 6.07) is 0.894. The van der Waals surface area contributed by atoms with Gasteiger partial charge < -0.3 is 5.11 Å². The van der Waals surface area contributed by atoms with Crippen LogP contribution in [0, 0.1) is 0 Å². The minimum atomic E-state index is -4.94. The van der Waals surface area contributed by atoms with Crippen molar-refractivity contribution >= 4 is 46.3 Å². The molecule has 1 amide bonds. The van der Waals surface area contributed by atoms with Crippen molar-refractivity contribution in [3.05, 3.63) is 39.8 Å². The lowest BCUT2D eigenvalue weighted by atomic mass is 10.0. The number of hydrogen-bond acceptors (Lipinski definition) is 4. The predicted molar refractivity (Wildman–Crippen MR) is 88.6 cm³/mol. The number of carbonyl (C=O) groups excluding carboxylic acids is 1. The molecule has 146 valence electrons. The fraction of sp³-hybridized carbons (Fsp3) is 0.267. The number of carboxylic acid groups (broad SMARTS) is 1. The average molecular weight is 429 g/mol. The van der Waals surface area contributed by atoms with Crippen LogP contribution < -0.4 is 0 Å². The molecule has 0 aliphatic carbocycles. The van der Waals surface area contributed by atoms with E-state index in [4.69, 9.17) is 17.3 Å². The number of thiocarbonyl (C=S) groups is 1. The van der Waals surface area contributed by atoms with E-state index >= 15 is 0 Å². The number of alkyl halides is 6. The van der Waals surface area contributed by atoms with Gasteiger partial charge in [0.2, 0.25) is 0 Å². The third-order valence-electron chi connectivity index (χ3n) is 3.39. The molecule has 1 aliphatic heterocycles. The quantitative estimate of drug-likeness (QED) is 0.437. The Labute approximate surface area is 157 Å². The van der Waals surface area contributed by atoms with E-state index in [1.807, 2.05) is 0 Å². The van der Waals surface area contributed by atoms with Crippen LogP contribution in [0.15, 0.2) is 23.1 Å². The van der Waals surface area contributed by atoms with E-state index in [0.717, 1.165) is 4.90 Å². The van der Waals surface area contributed by atoms with Gasteiger partial charge in [-0.25, -0.2) is 0 Å². The largest absolute Gasteiger partial charge is 0.481 e. The maximum absolute atomic E-state index is 13.1. The fourth-order valence-electron chi connectivity index (χ4n) is 2.16. The molecule has 1 aromatic rings. The molecular weight excluding hydrogens is 420 g/mol. The van der Waals surface area contributed by atoms with E-state index in [1.54, 1.807) is 0 Å². The normalized spacial score (nSPS) is 17.1. The molecule has 0 saturated carbocycles. The Bertz CT molecular complexity index is 832. The van der Waals surface area contributed by atoms with Crippen molar-refractivity contribution in [2.45, 2.75) is 18.8 Å². The van der Waals surface area contributed by atoms with Crippen LogP contribution in [0.5, 0.6) is 0 Å². The molecule has 27 heavy (non-hydrogen) atoms. The highest BCUT2D eigenvalue weighted by Gasteiger charge is 2.38. The predicted octanol–water partition coefficient (Wildman–Crippen LogP) is 4.40. The molecule has 1 aromatic carbocycles. The standard InChI is InChI=1S/C15H9F6NO3S2/c16-14(17,18)8-1-2-9(15(19,20)21)7(5-8)6-10-12(25)22(13(26)27-10)4-3-11(23)24/h1-2,5-6H,3-4H2,(H,23,24)/b10-6-. The summed E-state index contributed by atoms with van der Waals surface area (Å²) in [6.07, 6.45) is -9.57. The fourth-order valence-corrected chi connectivity index (χ4v) is 3.46. The van der Waals surface area contributed by atoms with Gasteiger partial charge >= 0.3 is 18.3 Å². The van der Waals surface area contributed by atoms with Crippen molar-refractivity contribution < 1.29 is 41.0 Å². The van der Waals surface area contributed by atoms with Crippen LogP contribution in [-0.2, 0) is 21.9 Å². The molecule has 0 unspecified atom stereocenters. The van der Waals surface area contributed by atoms with Gasteiger partial charge in [-0.05, 0) is 29.8 Å². The molecule has 1 aliphatic rings. The number of aliphatic carboxylic acids is 1. The molecule has 1 heterocycles. The number of rotatable bonds is 4. The van der Waals surface area contributed by atoms with E-state index in [2.05, 4.69) is 0 Å². The molecule has 0 atom stereocenters. The summed E-state index contributed by atoms with van der Waals surface area (Å²) >= 11 is 5.47. The van der Waals surface area contributed by atoms with Crippen LogP contribution in [0.2, 0.25) is 0 Å². The first-order chi connectivity index (χ1) is 12.3. The van der Waals surface area contributed by atoms with Crippen molar-refractivity contribution in [3.8, 4) is 0 Å². The zero-order valence-electron chi connectivity index (χ0n) is 13.0. The van der Waals surface area contributed by atoms with Gasteiger partial charge in [-0.1, -0.05) is 24.0 Å². The highest BCUT2D eigenvalue weighted by atomic mass is 32.2. The lowest BCUT2D eigenvalue weighted by Gasteiger charge is -2.14. The van der Waals surface area contributed by atoms with E-state index in [-0.39, 0.29) is 15.8 Å². The van der Waals surface area contributed by atoms with Crippen LogP contribution in [0.4, 0.5) is 26.3 Å². The van der Waals surface area contributed by atoms with E-state index in [9.17, 15) is 35.9 Å². The van der Waals surface area contributed by atoms with Crippen molar-refractivity contribution in [2.75, 3.05) is 6.54 Å². The third-order valence-corrected chi connectivity index (χ3v) is 4.77. The molecule has 4 nitrogen and oxygen atoms in total. The molecule has 0 bridgehead atoms. The van der Waals surface area contributed by atoms with Crippen LogP contribution in [0.3, 0.4) is 0 Å². The second kappa shape index (κ2) is 7.50. The zero-order valence-corrected chi connectivity index (χ0v) is 14.7. The van der Waals surface area contributed by atoms with Gasteiger partial charge in [0.1, 0.15) is 4.32 Å². The van der Waals surface area contributed by atoms with Gasteiger partial charge in [-0.3, -0.25) is 14.5 Å². The van der Waals surface area contributed by atoms with Crippen LogP contribution in [-0.4, -0.2) is 32.7 Å². The molecule has 1 fully saturated rings. The summed E-state index contributed by atoms with van der Waals surface area (Å²) < 4.78 is 77.7. The Morgan fingerprint density at radius 2 is 1.81 bits per heavy atom. The summed E-state index contributed by atoms with van der Waals surface area (Å²) in [6.45, 7) is -0.300. The molecule has 12 heteroatoms. The lowest BCUT2D eigenvalue weighted by molar-refractivity contribution is -0.141. The summed E-state index contributed by atoms with van der Waals surface area (Å²) in [4.78, 5) is 23.4. The third kappa shape index (κ3) is 5.01.